The van der Waals surface area contributed by atoms with E-state index >= 15 is 0 Å². The lowest BCUT2D eigenvalue weighted by atomic mass is 9.93. The normalized spacial score (nSPS) is 15.2. The van der Waals surface area contributed by atoms with E-state index in [1.807, 2.05) is 42.5 Å². The van der Waals surface area contributed by atoms with Gasteiger partial charge >= 0.3 is 0 Å². The van der Waals surface area contributed by atoms with Gasteiger partial charge in [-0.05, 0) is 29.7 Å². The van der Waals surface area contributed by atoms with Crippen LogP contribution in [0.4, 0.5) is 5.69 Å². The Morgan fingerprint density at radius 3 is 2.35 bits per heavy atom. The maximum Gasteiger partial charge on any atom is 0.256 e. The molecular weight excluding hydrogens is 314 g/mol. The van der Waals surface area contributed by atoms with Gasteiger partial charge in [-0.15, -0.1) is 0 Å². The lowest BCUT2D eigenvalue weighted by molar-refractivity contribution is 0.102. The third-order valence-electron chi connectivity index (χ3n) is 3.38. The van der Waals surface area contributed by atoms with Crippen molar-refractivity contribution in [2.24, 2.45) is 0 Å². The van der Waals surface area contributed by atoms with Crippen molar-refractivity contribution in [2.45, 2.75) is 6.42 Å². The minimum atomic E-state index is -0.0460. The fourth-order valence-corrected chi connectivity index (χ4v) is 2.73. The number of rotatable bonds is 2. The summed E-state index contributed by atoms with van der Waals surface area (Å²) in [7, 11) is 0. The molecule has 3 heteroatoms. The number of hydrogen-bond donors (Lipinski definition) is 1. The van der Waals surface area contributed by atoms with E-state index in [0.29, 0.717) is 0 Å². The van der Waals surface area contributed by atoms with Crippen molar-refractivity contribution in [1.82, 2.24) is 0 Å². The monoisotopic (exact) mass is 327 g/mol. The van der Waals surface area contributed by atoms with Crippen LogP contribution in [0.15, 0.2) is 54.6 Å². The number of para-hydroxylation sites is 1. The highest BCUT2D eigenvalue weighted by atomic mass is 79.9. The summed E-state index contributed by atoms with van der Waals surface area (Å²) < 4.78 is 0. The Kier molecular flexibility index (Phi) is 3.70. The molecule has 0 aromatic heterocycles. The number of allylic oxidation sites excluding steroid dienone is 1. The second kappa shape index (κ2) is 5.63. The summed E-state index contributed by atoms with van der Waals surface area (Å²) in [5, 5.41) is 3.90. The largest absolute Gasteiger partial charge is 0.321 e. The van der Waals surface area contributed by atoms with E-state index in [2.05, 4.69) is 33.4 Å². The Balaban J connectivity index is 2.26. The molecule has 0 spiro atoms. The summed E-state index contributed by atoms with van der Waals surface area (Å²) in [5.74, 6) is -0.0460. The van der Waals surface area contributed by atoms with Gasteiger partial charge in [0, 0.05) is 22.1 Å². The van der Waals surface area contributed by atoms with E-state index in [9.17, 15) is 4.79 Å². The second-order valence-corrected chi connectivity index (χ2v) is 5.43. The van der Waals surface area contributed by atoms with Crippen LogP contribution in [-0.4, -0.2) is 11.2 Å². The molecule has 0 atom stereocenters. The first-order valence-electron chi connectivity index (χ1n) is 6.57. The van der Waals surface area contributed by atoms with Crippen LogP contribution in [-0.2, 0) is 0 Å². The number of amides is 1. The molecule has 2 aromatic rings. The average molecular weight is 328 g/mol. The van der Waals surface area contributed by atoms with Crippen LogP contribution in [0.1, 0.15) is 27.9 Å². The molecule has 3 rings (SSSR count). The van der Waals surface area contributed by atoms with Crippen molar-refractivity contribution in [2.75, 3.05) is 10.6 Å². The minimum Gasteiger partial charge on any atom is -0.321 e. The fraction of sp³-hybridized carbons (Fsp3) is 0.118. The van der Waals surface area contributed by atoms with Gasteiger partial charge in [0.2, 0.25) is 0 Å². The van der Waals surface area contributed by atoms with Crippen LogP contribution in [0.5, 0.6) is 0 Å². The number of anilines is 1. The molecule has 0 saturated carbocycles. The molecular formula is C17H14BrNO. The van der Waals surface area contributed by atoms with Crippen LogP contribution < -0.4 is 5.32 Å². The SMILES string of the molecule is O=C1Nc2ccccc2/C(=C/CCBr)c2ccccc21. The molecule has 0 saturated heterocycles. The molecule has 1 aliphatic heterocycles. The molecule has 1 amide bonds. The molecule has 0 radical (unpaired) electrons. The highest BCUT2D eigenvalue weighted by Gasteiger charge is 2.21. The summed E-state index contributed by atoms with van der Waals surface area (Å²) >= 11 is 3.46. The van der Waals surface area contributed by atoms with Crippen LogP contribution >= 0.6 is 15.9 Å². The first-order chi connectivity index (χ1) is 9.81. The molecule has 0 aliphatic carbocycles. The number of hydrogen-bond acceptors (Lipinski definition) is 1. The Bertz CT molecular complexity index is 691. The lowest BCUT2D eigenvalue weighted by Crippen LogP contribution is -2.11. The van der Waals surface area contributed by atoms with Crippen molar-refractivity contribution >= 4 is 33.1 Å². The molecule has 2 nitrogen and oxygen atoms in total. The molecule has 0 unspecified atom stereocenters. The van der Waals surface area contributed by atoms with Gasteiger partial charge in [0.1, 0.15) is 0 Å². The van der Waals surface area contributed by atoms with Gasteiger partial charge in [0.15, 0.2) is 0 Å². The molecule has 2 aromatic carbocycles. The summed E-state index contributed by atoms with van der Waals surface area (Å²) in [5.41, 5.74) is 4.79. The van der Waals surface area contributed by atoms with Gasteiger partial charge in [0.05, 0.1) is 0 Å². The smallest absolute Gasteiger partial charge is 0.256 e. The standard InChI is InChI=1S/C17H14BrNO/c18-11-5-9-12-13-6-1-2-8-15(13)17(20)19-16-10-4-3-7-14(12)16/h1-4,6-10H,5,11H2,(H,19,20)/b12-9+. The van der Waals surface area contributed by atoms with E-state index in [1.165, 1.54) is 0 Å². The number of halogens is 1. The first kappa shape index (κ1) is 13.1. The van der Waals surface area contributed by atoms with Gasteiger partial charge < -0.3 is 5.32 Å². The first-order valence-corrected chi connectivity index (χ1v) is 7.69. The quantitative estimate of drug-likeness (QED) is 0.810. The van der Waals surface area contributed by atoms with Crippen LogP contribution in [0, 0.1) is 0 Å². The number of nitrogens with one attached hydrogen (secondary N) is 1. The Morgan fingerprint density at radius 1 is 0.950 bits per heavy atom. The lowest BCUT2D eigenvalue weighted by Gasteiger charge is -2.10. The zero-order valence-corrected chi connectivity index (χ0v) is 12.5. The predicted octanol–water partition coefficient (Wildman–Crippen LogP) is 4.47. The summed E-state index contributed by atoms with van der Waals surface area (Å²) in [6.45, 7) is 0. The third-order valence-corrected chi connectivity index (χ3v) is 3.84. The summed E-state index contributed by atoms with van der Waals surface area (Å²) in [6, 6.07) is 15.7. The zero-order valence-electron chi connectivity index (χ0n) is 10.9. The Morgan fingerprint density at radius 2 is 1.60 bits per heavy atom. The molecule has 0 bridgehead atoms. The Labute approximate surface area is 126 Å². The Hall–Kier alpha value is -1.87. The highest BCUT2D eigenvalue weighted by Crippen LogP contribution is 2.35. The average Bonchev–Trinajstić information content (AvgIpc) is 2.60. The number of carbonyl (C=O) groups excluding carboxylic acids is 1. The van der Waals surface area contributed by atoms with E-state index in [0.717, 1.165) is 39.7 Å². The van der Waals surface area contributed by atoms with Gasteiger partial charge in [-0.1, -0.05) is 58.4 Å². The maximum absolute atomic E-state index is 12.3. The van der Waals surface area contributed by atoms with E-state index < -0.39 is 0 Å². The van der Waals surface area contributed by atoms with Crippen molar-refractivity contribution in [3.05, 3.63) is 71.3 Å². The molecule has 1 aliphatic rings. The van der Waals surface area contributed by atoms with Crippen LogP contribution in [0.3, 0.4) is 0 Å². The second-order valence-electron chi connectivity index (χ2n) is 4.64. The summed E-state index contributed by atoms with van der Waals surface area (Å²) in [6.07, 6.45) is 3.11. The van der Waals surface area contributed by atoms with Crippen molar-refractivity contribution in [3.63, 3.8) is 0 Å². The molecule has 0 fully saturated rings. The number of carbonyl (C=O) groups is 1. The van der Waals surface area contributed by atoms with Gasteiger partial charge in [-0.3, -0.25) is 4.79 Å². The van der Waals surface area contributed by atoms with E-state index in [4.69, 9.17) is 0 Å². The van der Waals surface area contributed by atoms with E-state index in [-0.39, 0.29) is 5.91 Å². The molecule has 1 N–H and O–H groups in total. The molecule has 20 heavy (non-hydrogen) atoms. The van der Waals surface area contributed by atoms with Crippen molar-refractivity contribution in [3.8, 4) is 0 Å². The number of fused-ring (bicyclic) bond motifs is 2. The van der Waals surface area contributed by atoms with Gasteiger partial charge in [0.25, 0.3) is 5.91 Å². The van der Waals surface area contributed by atoms with Crippen molar-refractivity contribution in [1.29, 1.82) is 0 Å². The summed E-state index contributed by atoms with van der Waals surface area (Å²) in [4.78, 5) is 12.3. The van der Waals surface area contributed by atoms with Crippen LogP contribution in [0.25, 0.3) is 5.57 Å². The zero-order chi connectivity index (χ0) is 13.9. The molecule has 1 heterocycles. The number of alkyl halides is 1. The topological polar surface area (TPSA) is 29.1 Å². The maximum atomic E-state index is 12.3. The minimum absolute atomic E-state index is 0.0460. The number of benzene rings is 2. The predicted molar refractivity (Wildman–Crippen MR) is 86.3 cm³/mol. The third kappa shape index (κ3) is 2.29. The highest BCUT2D eigenvalue weighted by molar-refractivity contribution is 9.09. The van der Waals surface area contributed by atoms with Gasteiger partial charge in [-0.25, -0.2) is 0 Å². The molecule has 100 valence electrons. The van der Waals surface area contributed by atoms with Crippen molar-refractivity contribution < 1.29 is 4.79 Å². The fourth-order valence-electron chi connectivity index (χ4n) is 2.50. The van der Waals surface area contributed by atoms with Gasteiger partial charge in [-0.2, -0.15) is 0 Å². The van der Waals surface area contributed by atoms with Crippen LogP contribution in [0.2, 0.25) is 0 Å². The van der Waals surface area contributed by atoms with E-state index in [1.54, 1.807) is 0 Å².